The van der Waals surface area contributed by atoms with Gasteiger partial charge in [0.2, 0.25) is 0 Å². The zero-order chi connectivity index (χ0) is 13.4. The van der Waals surface area contributed by atoms with Gasteiger partial charge in [0, 0.05) is 14.6 Å². The molecule has 2 aromatic carbocycles. The van der Waals surface area contributed by atoms with E-state index in [2.05, 4.69) is 47.5 Å². The topological polar surface area (TPSA) is 17.8 Å². The number of benzene rings is 2. The van der Waals surface area contributed by atoms with Crippen LogP contribution in [-0.2, 0) is 5.88 Å². The van der Waals surface area contributed by atoms with Crippen LogP contribution >= 0.6 is 43.5 Å². The lowest BCUT2D eigenvalue weighted by Crippen LogP contribution is -1.98. The van der Waals surface area contributed by atoms with Gasteiger partial charge in [0.25, 0.3) is 0 Å². The fraction of sp³-hybridized carbons (Fsp3) is 0.0714. The Kier molecular flexibility index (Phi) is 3.65. The molecule has 0 aliphatic carbocycles. The number of aromatic nitrogens is 2. The van der Waals surface area contributed by atoms with Crippen LogP contribution in [0.5, 0.6) is 0 Å². The minimum atomic E-state index is 0.374. The second-order valence-corrected chi connectivity index (χ2v) is 6.21. The number of alkyl halides is 1. The van der Waals surface area contributed by atoms with Crippen molar-refractivity contribution in [3.05, 3.63) is 57.2 Å². The minimum absolute atomic E-state index is 0.374. The molecular formula is C14H9Br2ClN2. The molecule has 2 nitrogen and oxygen atoms in total. The molecular weight excluding hydrogens is 391 g/mol. The van der Waals surface area contributed by atoms with E-state index in [4.69, 9.17) is 11.6 Å². The van der Waals surface area contributed by atoms with Crippen molar-refractivity contribution in [1.82, 2.24) is 9.55 Å². The van der Waals surface area contributed by atoms with Crippen molar-refractivity contribution in [2.75, 3.05) is 0 Å². The Labute approximate surface area is 132 Å². The third-order valence-electron chi connectivity index (χ3n) is 2.87. The SMILES string of the molecule is ClCc1nc2cc(Br)ccc2n1-c1cccc(Br)c1. The summed E-state index contributed by atoms with van der Waals surface area (Å²) in [5, 5.41) is 0. The van der Waals surface area contributed by atoms with Gasteiger partial charge in [-0.15, -0.1) is 11.6 Å². The van der Waals surface area contributed by atoms with Gasteiger partial charge < -0.3 is 0 Å². The molecule has 0 atom stereocenters. The van der Waals surface area contributed by atoms with Gasteiger partial charge in [-0.1, -0.05) is 37.9 Å². The number of nitrogens with zero attached hydrogens (tertiary/aromatic N) is 2. The molecule has 0 spiro atoms. The third-order valence-corrected chi connectivity index (χ3v) is 4.10. The van der Waals surface area contributed by atoms with Crippen LogP contribution in [0.4, 0.5) is 0 Å². The molecule has 0 aliphatic heterocycles. The summed E-state index contributed by atoms with van der Waals surface area (Å²) < 4.78 is 4.13. The Bertz CT molecular complexity index is 752. The molecule has 5 heteroatoms. The van der Waals surface area contributed by atoms with Crippen LogP contribution in [0.25, 0.3) is 16.7 Å². The van der Waals surface area contributed by atoms with Gasteiger partial charge in [0.15, 0.2) is 0 Å². The Hall–Kier alpha value is -0.840. The average Bonchev–Trinajstić information content (AvgIpc) is 2.76. The summed E-state index contributed by atoms with van der Waals surface area (Å²) in [5.74, 6) is 1.21. The van der Waals surface area contributed by atoms with E-state index in [0.29, 0.717) is 5.88 Å². The second kappa shape index (κ2) is 5.27. The summed E-state index contributed by atoms with van der Waals surface area (Å²) in [4.78, 5) is 4.58. The monoisotopic (exact) mass is 398 g/mol. The van der Waals surface area contributed by atoms with E-state index in [-0.39, 0.29) is 0 Å². The normalized spacial score (nSPS) is 11.1. The maximum atomic E-state index is 6.03. The van der Waals surface area contributed by atoms with E-state index in [1.54, 1.807) is 0 Å². The molecule has 0 N–H and O–H groups in total. The number of halogens is 3. The largest absolute Gasteiger partial charge is 0.295 e. The van der Waals surface area contributed by atoms with E-state index in [0.717, 1.165) is 31.5 Å². The fourth-order valence-electron chi connectivity index (χ4n) is 2.10. The van der Waals surface area contributed by atoms with Crippen molar-refractivity contribution in [3.63, 3.8) is 0 Å². The van der Waals surface area contributed by atoms with Gasteiger partial charge in [-0.3, -0.25) is 4.57 Å². The van der Waals surface area contributed by atoms with Crippen molar-refractivity contribution in [2.45, 2.75) is 5.88 Å². The number of fused-ring (bicyclic) bond motifs is 1. The van der Waals surface area contributed by atoms with E-state index < -0.39 is 0 Å². The number of imidazole rings is 1. The van der Waals surface area contributed by atoms with Crippen molar-refractivity contribution >= 4 is 54.5 Å². The minimum Gasteiger partial charge on any atom is -0.295 e. The number of hydrogen-bond acceptors (Lipinski definition) is 1. The van der Waals surface area contributed by atoms with Crippen molar-refractivity contribution in [2.24, 2.45) is 0 Å². The van der Waals surface area contributed by atoms with Gasteiger partial charge in [0.1, 0.15) is 5.82 Å². The molecule has 0 aliphatic rings. The van der Waals surface area contributed by atoms with Crippen LogP contribution in [0, 0.1) is 0 Å². The Balaban J connectivity index is 2.32. The molecule has 1 aromatic heterocycles. The lowest BCUT2D eigenvalue weighted by atomic mass is 10.3. The summed E-state index contributed by atoms with van der Waals surface area (Å²) in [5.41, 5.74) is 3.04. The molecule has 3 aromatic rings. The van der Waals surface area contributed by atoms with Gasteiger partial charge in [-0.05, 0) is 36.4 Å². The van der Waals surface area contributed by atoms with Crippen LogP contribution in [0.3, 0.4) is 0 Å². The predicted molar refractivity (Wildman–Crippen MR) is 86.0 cm³/mol. The summed E-state index contributed by atoms with van der Waals surface area (Å²) in [7, 11) is 0. The molecule has 0 saturated heterocycles. The summed E-state index contributed by atoms with van der Waals surface area (Å²) in [6.07, 6.45) is 0. The highest BCUT2D eigenvalue weighted by Gasteiger charge is 2.12. The summed E-state index contributed by atoms with van der Waals surface area (Å²) >= 11 is 13.0. The number of hydrogen-bond donors (Lipinski definition) is 0. The average molecular weight is 401 g/mol. The molecule has 19 heavy (non-hydrogen) atoms. The second-order valence-electron chi connectivity index (χ2n) is 4.11. The molecule has 3 rings (SSSR count). The van der Waals surface area contributed by atoms with E-state index >= 15 is 0 Å². The zero-order valence-electron chi connectivity index (χ0n) is 9.78. The first-order valence-corrected chi connectivity index (χ1v) is 7.80. The van der Waals surface area contributed by atoms with E-state index in [1.165, 1.54) is 0 Å². The molecule has 0 unspecified atom stereocenters. The van der Waals surface area contributed by atoms with Crippen molar-refractivity contribution in [3.8, 4) is 5.69 Å². The molecule has 96 valence electrons. The highest BCUT2D eigenvalue weighted by molar-refractivity contribution is 9.10. The maximum Gasteiger partial charge on any atom is 0.129 e. The van der Waals surface area contributed by atoms with Gasteiger partial charge in [-0.2, -0.15) is 0 Å². The van der Waals surface area contributed by atoms with Crippen molar-refractivity contribution < 1.29 is 0 Å². The first-order valence-electron chi connectivity index (χ1n) is 5.68. The molecule has 1 heterocycles. The highest BCUT2D eigenvalue weighted by Crippen LogP contribution is 2.26. The van der Waals surface area contributed by atoms with Gasteiger partial charge >= 0.3 is 0 Å². The van der Waals surface area contributed by atoms with E-state index in [1.807, 2.05) is 36.4 Å². The maximum absolute atomic E-state index is 6.03. The van der Waals surface area contributed by atoms with Gasteiger partial charge in [-0.25, -0.2) is 4.98 Å². The molecule has 0 amide bonds. The smallest absolute Gasteiger partial charge is 0.129 e. The van der Waals surface area contributed by atoms with Crippen LogP contribution in [0.2, 0.25) is 0 Å². The predicted octanol–water partition coefficient (Wildman–Crippen LogP) is 5.29. The first kappa shape index (κ1) is 13.2. The quantitative estimate of drug-likeness (QED) is 0.535. The van der Waals surface area contributed by atoms with Crippen LogP contribution < -0.4 is 0 Å². The molecule has 0 fully saturated rings. The molecule has 0 bridgehead atoms. The molecule has 0 saturated carbocycles. The van der Waals surface area contributed by atoms with Crippen molar-refractivity contribution in [1.29, 1.82) is 0 Å². The van der Waals surface area contributed by atoms with Crippen LogP contribution in [0.15, 0.2) is 51.4 Å². The summed E-state index contributed by atoms with van der Waals surface area (Å²) in [6, 6.07) is 14.2. The fourth-order valence-corrected chi connectivity index (χ4v) is 3.01. The lowest BCUT2D eigenvalue weighted by Gasteiger charge is -2.08. The molecule has 0 radical (unpaired) electrons. The standard InChI is InChI=1S/C14H9Br2ClN2/c15-9-2-1-3-11(6-9)19-13-5-4-10(16)7-12(13)18-14(19)8-17/h1-7H,8H2. The van der Waals surface area contributed by atoms with Crippen LogP contribution in [0.1, 0.15) is 5.82 Å². The summed E-state index contributed by atoms with van der Waals surface area (Å²) in [6.45, 7) is 0. The number of rotatable bonds is 2. The Morgan fingerprint density at radius 2 is 1.84 bits per heavy atom. The lowest BCUT2D eigenvalue weighted by molar-refractivity contribution is 0.981. The zero-order valence-corrected chi connectivity index (χ0v) is 13.7. The first-order chi connectivity index (χ1) is 9.19. The van der Waals surface area contributed by atoms with E-state index in [9.17, 15) is 0 Å². The Morgan fingerprint density at radius 1 is 1.05 bits per heavy atom. The third kappa shape index (κ3) is 2.45. The van der Waals surface area contributed by atoms with Gasteiger partial charge in [0.05, 0.1) is 16.9 Å². The van der Waals surface area contributed by atoms with Crippen LogP contribution in [-0.4, -0.2) is 9.55 Å². The highest BCUT2D eigenvalue weighted by atomic mass is 79.9. The Morgan fingerprint density at radius 3 is 2.58 bits per heavy atom.